The van der Waals surface area contributed by atoms with Crippen molar-refractivity contribution in [1.29, 1.82) is 0 Å². The zero-order chi connectivity index (χ0) is 19.2. The third kappa shape index (κ3) is 8.39. The van der Waals surface area contributed by atoms with Crippen molar-refractivity contribution < 1.29 is 60.6 Å². The molecule has 0 aliphatic heterocycles. The normalized spacial score (nSPS) is 21.3. The Labute approximate surface area is 136 Å². The Hall–Kier alpha value is -0.0000000000000000694. The molecular weight excluding hydrogens is 400 g/mol. The number of alkyl halides is 1. The number of halogens is 1. The molecule has 0 spiro atoms. The lowest BCUT2D eigenvalue weighted by Gasteiger charge is -2.33. The highest BCUT2D eigenvalue weighted by Gasteiger charge is 2.44. The molecule has 0 bridgehead atoms. The Balaban J connectivity index is 5.08. The van der Waals surface area contributed by atoms with Gasteiger partial charge in [-0.25, -0.2) is 18.1 Å². The summed E-state index contributed by atoms with van der Waals surface area (Å²) in [6.45, 7) is 0.813. The van der Waals surface area contributed by atoms with E-state index in [1.54, 1.807) is 0 Å². The molecule has 0 aromatic heterocycles. The van der Waals surface area contributed by atoms with Crippen LogP contribution in [0.1, 0.15) is 6.42 Å². The molecule has 0 saturated carbocycles. The molecule has 16 heteroatoms. The molecule has 0 aromatic rings. The molecule has 144 valence electrons. The van der Waals surface area contributed by atoms with Crippen LogP contribution < -0.4 is 0 Å². The van der Waals surface area contributed by atoms with Gasteiger partial charge in [-0.1, -0.05) is 6.08 Å². The van der Waals surface area contributed by atoms with Crippen molar-refractivity contribution >= 4 is 23.5 Å². The molecule has 0 aliphatic carbocycles. The van der Waals surface area contributed by atoms with Gasteiger partial charge >= 0.3 is 23.5 Å². The van der Waals surface area contributed by atoms with Gasteiger partial charge in [-0.2, -0.15) is 8.62 Å². The lowest BCUT2D eigenvalue weighted by Crippen LogP contribution is -2.50. The molecule has 2 unspecified atom stereocenters. The number of hydrogen-bond donors (Lipinski definition) is 5. The van der Waals surface area contributed by atoms with Crippen molar-refractivity contribution in [1.82, 2.24) is 0 Å². The molecular formula is C8H18FO12P3. The Bertz CT molecular complexity index is 557. The second kappa shape index (κ2) is 9.09. The van der Waals surface area contributed by atoms with E-state index in [0.717, 1.165) is 7.11 Å². The van der Waals surface area contributed by atoms with Gasteiger partial charge in [0.15, 0.2) is 0 Å². The van der Waals surface area contributed by atoms with Gasteiger partial charge in [-0.15, -0.1) is 6.58 Å². The topological polar surface area (TPSA) is 189 Å². The summed E-state index contributed by atoms with van der Waals surface area (Å²) in [4.78, 5) is 35.0. The number of ether oxygens (including phenoxy) is 1. The number of aliphatic hydroxyl groups excluding tert-OH is 1. The first kappa shape index (κ1) is 24.0. The molecule has 0 radical (unpaired) electrons. The second-order valence-electron chi connectivity index (χ2n) is 4.31. The average Bonchev–Trinajstić information content (AvgIpc) is 2.36. The third-order valence-electron chi connectivity index (χ3n) is 2.52. The van der Waals surface area contributed by atoms with Crippen molar-refractivity contribution in [2.75, 3.05) is 20.4 Å². The van der Waals surface area contributed by atoms with E-state index in [1.807, 2.05) is 0 Å². The van der Waals surface area contributed by atoms with Gasteiger partial charge in [0.1, 0.15) is 12.3 Å². The minimum absolute atomic E-state index is 0.183. The van der Waals surface area contributed by atoms with Crippen molar-refractivity contribution in [3.63, 3.8) is 0 Å². The molecule has 0 aliphatic rings. The highest BCUT2D eigenvalue weighted by Crippen LogP contribution is 2.66. The Kier molecular flexibility index (Phi) is 9.09. The fraction of sp³-hybridized carbons (Fsp3) is 0.750. The number of phosphoric ester groups is 1. The maximum atomic E-state index is 13.2. The molecule has 24 heavy (non-hydrogen) atoms. The molecule has 12 nitrogen and oxygen atoms in total. The van der Waals surface area contributed by atoms with Gasteiger partial charge in [0.2, 0.25) is 0 Å². The maximum Gasteiger partial charge on any atom is 0.490 e. The van der Waals surface area contributed by atoms with E-state index in [9.17, 15) is 28.1 Å². The summed E-state index contributed by atoms with van der Waals surface area (Å²) in [5.74, 6) is 0. The molecule has 0 amide bonds. The van der Waals surface area contributed by atoms with Crippen LogP contribution in [-0.4, -0.2) is 56.8 Å². The first-order valence-electron chi connectivity index (χ1n) is 5.91. The predicted molar refractivity (Wildman–Crippen MR) is 76.4 cm³/mol. The Morgan fingerprint density at radius 2 is 1.71 bits per heavy atom. The predicted octanol–water partition coefficient (Wildman–Crippen LogP) is 0.621. The van der Waals surface area contributed by atoms with Crippen LogP contribution in [0.4, 0.5) is 4.39 Å². The summed E-state index contributed by atoms with van der Waals surface area (Å²) in [5.41, 5.74) is -2.13. The van der Waals surface area contributed by atoms with Gasteiger partial charge in [-0.05, 0) is 6.42 Å². The lowest BCUT2D eigenvalue weighted by molar-refractivity contribution is -0.135. The largest absolute Gasteiger partial charge is 0.490 e. The van der Waals surface area contributed by atoms with E-state index < -0.39 is 48.5 Å². The van der Waals surface area contributed by atoms with Gasteiger partial charge < -0.3 is 29.4 Å². The van der Waals surface area contributed by atoms with E-state index >= 15 is 0 Å². The monoisotopic (exact) mass is 418 g/mol. The number of hydrogen-bond acceptors (Lipinski definition) is 8. The highest BCUT2D eigenvalue weighted by molar-refractivity contribution is 7.66. The minimum Gasteiger partial charge on any atom is -0.390 e. The molecule has 4 atom stereocenters. The SMILES string of the molecule is C=CC[C@H](O)[C@@](CF)(COP(=O)(O)OP(=O)(O)OP(=O)(O)O)OC. The standard InChI is InChI=1S/C8H18FO12P3/c1-3-4-7(10)8(5-9,18-2)6-19-23(14,15)21-24(16,17)20-22(11,12)13/h3,7,10H,1,4-6H2,2H3,(H,14,15)(H,16,17)(H2,11,12,13)/t7-,8+/m0/s1. The average molecular weight is 418 g/mol. The van der Waals surface area contributed by atoms with E-state index in [2.05, 4.69) is 19.7 Å². The smallest absolute Gasteiger partial charge is 0.390 e. The van der Waals surface area contributed by atoms with Gasteiger partial charge in [-0.3, -0.25) is 4.52 Å². The van der Waals surface area contributed by atoms with Crippen molar-refractivity contribution in [3.8, 4) is 0 Å². The second-order valence-corrected chi connectivity index (χ2v) is 8.73. The summed E-state index contributed by atoms with van der Waals surface area (Å²) >= 11 is 0. The van der Waals surface area contributed by atoms with Gasteiger partial charge in [0.25, 0.3) is 0 Å². The molecule has 0 saturated heterocycles. The van der Waals surface area contributed by atoms with Crippen LogP contribution in [0.15, 0.2) is 12.7 Å². The van der Waals surface area contributed by atoms with E-state index in [4.69, 9.17) is 19.4 Å². The molecule has 0 rings (SSSR count). The fourth-order valence-corrected chi connectivity index (χ4v) is 4.42. The Morgan fingerprint density at radius 3 is 2.08 bits per heavy atom. The summed E-state index contributed by atoms with van der Waals surface area (Å²) in [6, 6.07) is 0. The molecule has 0 fully saturated rings. The van der Waals surface area contributed by atoms with Gasteiger partial charge in [0, 0.05) is 7.11 Å². The quantitative estimate of drug-likeness (QED) is 0.220. The summed E-state index contributed by atoms with van der Waals surface area (Å²) in [6.07, 6.45) is -0.534. The first-order chi connectivity index (χ1) is 10.7. The lowest BCUT2D eigenvalue weighted by atomic mass is 9.96. The summed E-state index contributed by atoms with van der Waals surface area (Å²) in [5, 5.41) is 9.78. The fourth-order valence-electron chi connectivity index (χ4n) is 1.34. The maximum absolute atomic E-state index is 13.2. The highest BCUT2D eigenvalue weighted by atomic mass is 31.3. The first-order valence-corrected chi connectivity index (χ1v) is 10.4. The zero-order valence-electron chi connectivity index (χ0n) is 12.3. The zero-order valence-corrected chi connectivity index (χ0v) is 15.0. The van der Waals surface area contributed by atoms with E-state index in [0.29, 0.717) is 0 Å². The summed E-state index contributed by atoms with van der Waals surface area (Å²) in [7, 11) is -15.7. The third-order valence-corrected chi connectivity index (χ3v) is 6.30. The van der Waals surface area contributed by atoms with E-state index in [-0.39, 0.29) is 6.42 Å². The number of methoxy groups -OCH3 is 1. The number of rotatable bonds is 12. The number of aliphatic hydroxyl groups is 1. The van der Waals surface area contributed by atoms with Crippen molar-refractivity contribution in [2.24, 2.45) is 0 Å². The van der Waals surface area contributed by atoms with Crippen LogP contribution in [0.5, 0.6) is 0 Å². The minimum atomic E-state index is -5.69. The number of phosphoric acid groups is 3. The van der Waals surface area contributed by atoms with Crippen LogP contribution in [0.25, 0.3) is 0 Å². The molecule has 0 heterocycles. The van der Waals surface area contributed by atoms with Crippen molar-refractivity contribution in [3.05, 3.63) is 12.7 Å². The van der Waals surface area contributed by atoms with Gasteiger partial charge in [0.05, 0.1) is 12.7 Å². The summed E-state index contributed by atoms with van der Waals surface area (Å²) < 4.78 is 62.3. The van der Waals surface area contributed by atoms with Crippen LogP contribution in [0.3, 0.4) is 0 Å². The van der Waals surface area contributed by atoms with Crippen molar-refractivity contribution in [2.45, 2.75) is 18.1 Å². The van der Waals surface area contributed by atoms with Crippen LogP contribution in [0, 0.1) is 0 Å². The van der Waals surface area contributed by atoms with Crippen LogP contribution >= 0.6 is 23.5 Å². The van der Waals surface area contributed by atoms with Crippen LogP contribution in [0.2, 0.25) is 0 Å². The Morgan fingerprint density at radius 1 is 1.17 bits per heavy atom. The molecule has 5 N–H and O–H groups in total. The molecule has 0 aromatic carbocycles. The van der Waals surface area contributed by atoms with E-state index in [1.165, 1.54) is 6.08 Å². The van der Waals surface area contributed by atoms with Crippen LogP contribution in [-0.2, 0) is 31.6 Å².